The molecule has 1 aliphatic rings. The highest BCUT2D eigenvalue weighted by Crippen LogP contribution is 2.28. The zero-order valence-corrected chi connectivity index (χ0v) is 11.4. The van der Waals surface area contributed by atoms with Gasteiger partial charge >= 0.3 is 5.97 Å². The Morgan fingerprint density at radius 3 is 2.74 bits per heavy atom. The standard InChI is InChI=1S/C16H18O3/c1-3-18-15-11-14(16(17)19-4-2)10-9-13(15)8-7-12-5-6-12/h9-12H,3-6H2,1-2H3. The van der Waals surface area contributed by atoms with Gasteiger partial charge in [-0.15, -0.1) is 0 Å². The Kier molecular flexibility index (Phi) is 4.46. The third kappa shape index (κ3) is 3.75. The van der Waals surface area contributed by atoms with Gasteiger partial charge in [0.1, 0.15) is 5.75 Å². The molecule has 2 rings (SSSR count). The van der Waals surface area contributed by atoms with Crippen molar-refractivity contribution >= 4 is 5.97 Å². The van der Waals surface area contributed by atoms with E-state index in [0.717, 1.165) is 5.56 Å². The van der Waals surface area contributed by atoms with Gasteiger partial charge in [0.25, 0.3) is 0 Å². The maximum Gasteiger partial charge on any atom is 0.338 e. The first-order valence-corrected chi connectivity index (χ1v) is 6.70. The lowest BCUT2D eigenvalue weighted by molar-refractivity contribution is 0.0526. The normalized spacial score (nSPS) is 13.4. The minimum Gasteiger partial charge on any atom is -0.493 e. The summed E-state index contributed by atoms with van der Waals surface area (Å²) in [7, 11) is 0. The highest BCUT2D eigenvalue weighted by molar-refractivity contribution is 5.90. The fraction of sp³-hybridized carbons (Fsp3) is 0.438. The van der Waals surface area contributed by atoms with Crippen LogP contribution in [0.3, 0.4) is 0 Å². The molecule has 100 valence electrons. The first-order chi connectivity index (χ1) is 9.24. The Hall–Kier alpha value is -1.95. The van der Waals surface area contributed by atoms with Crippen molar-refractivity contribution in [3.05, 3.63) is 29.3 Å². The summed E-state index contributed by atoms with van der Waals surface area (Å²) in [6, 6.07) is 5.27. The van der Waals surface area contributed by atoms with Crippen LogP contribution in [-0.4, -0.2) is 19.2 Å². The van der Waals surface area contributed by atoms with E-state index in [2.05, 4.69) is 11.8 Å². The number of rotatable bonds is 4. The predicted molar refractivity (Wildman–Crippen MR) is 73.2 cm³/mol. The Morgan fingerprint density at radius 1 is 1.32 bits per heavy atom. The molecule has 0 heterocycles. The average molecular weight is 258 g/mol. The molecular formula is C16H18O3. The number of carbonyl (C=O) groups is 1. The molecule has 0 radical (unpaired) electrons. The van der Waals surface area contributed by atoms with Crippen molar-refractivity contribution in [2.24, 2.45) is 5.92 Å². The van der Waals surface area contributed by atoms with Crippen molar-refractivity contribution in [1.82, 2.24) is 0 Å². The van der Waals surface area contributed by atoms with E-state index in [9.17, 15) is 4.79 Å². The summed E-state index contributed by atoms with van der Waals surface area (Å²) in [6.45, 7) is 4.61. The minimum atomic E-state index is -0.329. The number of benzene rings is 1. The summed E-state index contributed by atoms with van der Waals surface area (Å²) in [5.74, 6) is 7.20. The molecule has 3 heteroatoms. The van der Waals surface area contributed by atoms with Crippen molar-refractivity contribution in [1.29, 1.82) is 0 Å². The number of hydrogen-bond acceptors (Lipinski definition) is 3. The molecule has 1 aromatic rings. The third-order valence-electron chi connectivity index (χ3n) is 2.78. The second kappa shape index (κ2) is 6.29. The van der Waals surface area contributed by atoms with Gasteiger partial charge < -0.3 is 9.47 Å². The first kappa shape index (κ1) is 13.5. The van der Waals surface area contributed by atoms with Crippen LogP contribution in [0.1, 0.15) is 42.6 Å². The molecule has 0 bridgehead atoms. The van der Waals surface area contributed by atoms with Crippen LogP contribution in [0.15, 0.2) is 18.2 Å². The Morgan fingerprint density at radius 2 is 2.11 bits per heavy atom. The van der Waals surface area contributed by atoms with Gasteiger partial charge in [0.15, 0.2) is 0 Å². The van der Waals surface area contributed by atoms with Crippen molar-refractivity contribution in [2.45, 2.75) is 26.7 Å². The largest absolute Gasteiger partial charge is 0.493 e. The summed E-state index contributed by atoms with van der Waals surface area (Å²) in [6.07, 6.45) is 2.38. The molecule has 0 saturated heterocycles. The van der Waals surface area contributed by atoms with Crippen molar-refractivity contribution in [3.63, 3.8) is 0 Å². The summed E-state index contributed by atoms with van der Waals surface area (Å²) in [4.78, 5) is 11.7. The van der Waals surface area contributed by atoms with Gasteiger partial charge in [-0.2, -0.15) is 0 Å². The van der Waals surface area contributed by atoms with Gasteiger partial charge in [0, 0.05) is 5.92 Å². The van der Waals surface area contributed by atoms with Crippen molar-refractivity contribution in [3.8, 4) is 17.6 Å². The molecule has 1 aromatic carbocycles. The molecule has 0 atom stereocenters. The number of esters is 1. The summed E-state index contributed by atoms with van der Waals surface area (Å²) >= 11 is 0. The summed E-state index contributed by atoms with van der Waals surface area (Å²) in [5.41, 5.74) is 1.34. The molecule has 0 aliphatic heterocycles. The summed E-state index contributed by atoms with van der Waals surface area (Å²) in [5, 5.41) is 0. The fourth-order valence-electron chi connectivity index (χ4n) is 1.65. The lowest BCUT2D eigenvalue weighted by Crippen LogP contribution is -2.05. The van der Waals surface area contributed by atoms with E-state index in [-0.39, 0.29) is 5.97 Å². The Labute approximate surface area is 113 Å². The van der Waals surface area contributed by atoms with Gasteiger partial charge in [-0.1, -0.05) is 11.8 Å². The van der Waals surface area contributed by atoms with Gasteiger partial charge in [-0.3, -0.25) is 0 Å². The monoisotopic (exact) mass is 258 g/mol. The average Bonchev–Trinajstić information content (AvgIpc) is 3.22. The van der Waals surface area contributed by atoms with Gasteiger partial charge in [-0.05, 0) is 44.9 Å². The van der Waals surface area contributed by atoms with E-state index in [1.54, 1.807) is 19.1 Å². The molecule has 0 amide bonds. The lowest BCUT2D eigenvalue weighted by Gasteiger charge is -2.08. The topological polar surface area (TPSA) is 35.5 Å². The Balaban J connectivity index is 2.24. The van der Waals surface area contributed by atoms with E-state index in [4.69, 9.17) is 9.47 Å². The van der Waals surface area contributed by atoms with E-state index in [0.29, 0.717) is 30.4 Å². The van der Waals surface area contributed by atoms with Crippen molar-refractivity contribution < 1.29 is 14.3 Å². The van der Waals surface area contributed by atoms with Crippen LogP contribution in [0.2, 0.25) is 0 Å². The van der Waals surface area contributed by atoms with Crippen molar-refractivity contribution in [2.75, 3.05) is 13.2 Å². The minimum absolute atomic E-state index is 0.329. The zero-order valence-electron chi connectivity index (χ0n) is 11.4. The highest BCUT2D eigenvalue weighted by Gasteiger charge is 2.18. The van der Waals surface area contributed by atoms with Crippen LogP contribution in [-0.2, 0) is 4.74 Å². The molecule has 0 spiro atoms. The number of ether oxygens (including phenoxy) is 2. The van der Waals surface area contributed by atoms with Gasteiger partial charge in [-0.25, -0.2) is 4.79 Å². The van der Waals surface area contributed by atoms with E-state index >= 15 is 0 Å². The van der Waals surface area contributed by atoms with E-state index in [1.807, 2.05) is 13.0 Å². The van der Waals surface area contributed by atoms with E-state index in [1.165, 1.54) is 12.8 Å². The second-order valence-electron chi connectivity index (χ2n) is 4.41. The molecule has 1 aliphatic carbocycles. The molecule has 0 aromatic heterocycles. The lowest BCUT2D eigenvalue weighted by atomic mass is 10.1. The maximum atomic E-state index is 11.7. The first-order valence-electron chi connectivity index (χ1n) is 6.70. The van der Waals surface area contributed by atoms with Gasteiger partial charge in [0.05, 0.1) is 24.3 Å². The van der Waals surface area contributed by atoms with Crippen LogP contribution >= 0.6 is 0 Å². The number of hydrogen-bond donors (Lipinski definition) is 0. The zero-order chi connectivity index (χ0) is 13.7. The molecule has 0 N–H and O–H groups in total. The van der Waals surface area contributed by atoms with Crippen LogP contribution in [0, 0.1) is 17.8 Å². The van der Waals surface area contributed by atoms with Crippen LogP contribution in [0.4, 0.5) is 0 Å². The van der Waals surface area contributed by atoms with Crippen LogP contribution in [0.25, 0.3) is 0 Å². The predicted octanol–water partition coefficient (Wildman–Crippen LogP) is 3.02. The maximum absolute atomic E-state index is 11.7. The molecule has 3 nitrogen and oxygen atoms in total. The highest BCUT2D eigenvalue weighted by atomic mass is 16.5. The second-order valence-corrected chi connectivity index (χ2v) is 4.41. The molecular weight excluding hydrogens is 240 g/mol. The molecule has 1 fully saturated rings. The molecule has 0 unspecified atom stereocenters. The van der Waals surface area contributed by atoms with Gasteiger partial charge in [0.2, 0.25) is 0 Å². The smallest absolute Gasteiger partial charge is 0.338 e. The van der Waals surface area contributed by atoms with Crippen LogP contribution in [0.5, 0.6) is 5.75 Å². The molecule has 1 saturated carbocycles. The Bertz CT molecular complexity index is 519. The fourth-order valence-corrected chi connectivity index (χ4v) is 1.65. The molecule has 19 heavy (non-hydrogen) atoms. The third-order valence-corrected chi connectivity index (χ3v) is 2.78. The van der Waals surface area contributed by atoms with Crippen LogP contribution < -0.4 is 4.74 Å². The van der Waals surface area contributed by atoms with E-state index < -0.39 is 0 Å². The number of carbonyl (C=O) groups excluding carboxylic acids is 1. The quantitative estimate of drug-likeness (QED) is 0.615. The SMILES string of the molecule is CCOC(=O)c1ccc(C#CC2CC2)c(OCC)c1. The summed E-state index contributed by atoms with van der Waals surface area (Å²) < 4.78 is 10.5.